The van der Waals surface area contributed by atoms with Crippen molar-refractivity contribution in [3.05, 3.63) is 75.8 Å². The molecule has 108 valence electrons. The third kappa shape index (κ3) is 3.25. The Morgan fingerprint density at radius 3 is 2.10 bits per heavy atom. The van der Waals surface area contributed by atoms with E-state index in [2.05, 4.69) is 0 Å². The Bertz CT molecular complexity index is 637. The SMILES string of the molecule is CC(=O)C(c1ccccc1)C(c1ccc(O)cc1)[N+](=O)[O-]. The zero-order valence-electron chi connectivity index (χ0n) is 11.5. The van der Waals surface area contributed by atoms with Gasteiger partial charge in [-0.1, -0.05) is 30.3 Å². The van der Waals surface area contributed by atoms with E-state index in [4.69, 9.17) is 0 Å². The number of carbonyl (C=O) groups is 1. The molecule has 21 heavy (non-hydrogen) atoms. The van der Waals surface area contributed by atoms with Crippen molar-refractivity contribution in [2.45, 2.75) is 18.9 Å². The van der Waals surface area contributed by atoms with E-state index in [0.717, 1.165) is 0 Å². The standard InChI is InChI=1S/C16H15NO4/c1-11(18)15(12-5-3-2-4-6-12)16(17(20)21)13-7-9-14(19)10-8-13/h2-10,15-16,19H,1H3. The molecule has 0 radical (unpaired) electrons. The zero-order chi connectivity index (χ0) is 15.4. The number of hydrogen-bond donors (Lipinski definition) is 1. The van der Waals surface area contributed by atoms with Gasteiger partial charge in [-0.3, -0.25) is 14.9 Å². The molecule has 2 aromatic rings. The topological polar surface area (TPSA) is 80.4 Å². The van der Waals surface area contributed by atoms with Crippen LogP contribution in [0.1, 0.15) is 30.0 Å². The van der Waals surface area contributed by atoms with Crippen molar-refractivity contribution >= 4 is 5.78 Å². The minimum atomic E-state index is -1.18. The van der Waals surface area contributed by atoms with Crippen LogP contribution in [0.2, 0.25) is 0 Å². The van der Waals surface area contributed by atoms with Gasteiger partial charge in [-0.2, -0.15) is 0 Å². The number of aromatic hydroxyl groups is 1. The molecule has 5 heteroatoms. The Kier molecular flexibility index (Phi) is 4.33. The van der Waals surface area contributed by atoms with Crippen LogP contribution >= 0.6 is 0 Å². The molecule has 0 aliphatic heterocycles. The summed E-state index contributed by atoms with van der Waals surface area (Å²) in [5, 5.41) is 20.8. The van der Waals surface area contributed by atoms with Crippen LogP contribution < -0.4 is 0 Å². The maximum atomic E-state index is 12.0. The molecule has 1 N–H and O–H groups in total. The van der Waals surface area contributed by atoms with Crippen molar-refractivity contribution in [1.82, 2.24) is 0 Å². The summed E-state index contributed by atoms with van der Waals surface area (Å²) in [5.74, 6) is -1.10. The second kappa shape index (κ2) is 6.17. The average Bonchev–Trinajstić information content (AvgIpc) is 2.46. The van der Waals surface area contributed by atoms with Crippen LogP contribution in [0.3, 0.4) is 0 Å². The van der Waals surface area contributed by atoms with Crippen LogP contribution in [-0.4, -0.2) is 15.8 Å². The van der Waals surface area contributed by atoms with Gasteiger partial charge in [-0.05, 0) is 36.8 Å². The molecule has 0 amide bonds. The highest BCUT2D eigenvalue weighted by molar-refractivity contribution is 5.84. The Morgan fingerprint density at radius 1 is 1.05 bits per heavy atom. The number of carbonyl (C=O) groups excluding carboxylic acids is 1. The van der Waals surface area contributed by atoms with Gasteiger partial charge < -0.3 is 5.11 Å². The first-order chi connectivity index (χ1) is 10.0. The molecule has 2 rings (SSSR count). The van der Waals surface area contributed by atoms with Gasteiger partial charge in [0.05, 0.1) is 0 Å². The van der Waals surface area contributed by atoms with Gasteiger partial charge in [0.2, 0.25) is 0 Å². The first-order valence-electron chi connectivity index (χ1n) is 6.48. The van der Waals surface area contributed by atoms with Crippen LogP contribution in [0.25, 0.3) is 0 Å². The van der Waals surface area contributed by atoms with Gasteiger partial charge in [-0.25, -0.2) is 0 Å². The van der Waals surface area contributed by atoms with Crippen molar-refractivity contribution in [2.75, 3.05) is 0 Å². The van der Waals surface area contributed by atoms with E-state index in [-0.39, 0.29) is 11.5 Å². The second-order valence-corrected chi connectivity index (χ2v) is 4.82. The molecular formula is C16H15NO4. The van der Waals surface area contributed by atoms with Gasteiger partial charge in [0, 0.05) is 10.5 Å². The molecule has 0 bridgehead atoms. The predicted molar refractivity (Wildman–Crippen MR) is 77.7 cm³/mol. The number of benzene rings is 2. The van der Waals surface area contributed by atoms with E-state index in [9.17, 15) is 20.0 Å². The summed E-state index contributed by atoms with van der Waals surface area (Å²) < 4.78 is 0. The summed E-state index contributed by atoms with van der Waals surface area (Å²) in [4.78, 5) is 23.0. The lowest BCUT2D eigenvalue weighted by Crippen LogP contribution is -2.24. The van der Waals surface area contributed by atoms with Crippen molar-refractivity contribution < 1.29 is 14.8 Å². The summed E-state index contributed by atoms with van der Waals surface area (Å²) in [5.41, 5.74) is 1.00. The Hall–Kier alpha value is -2.69. The third-order valence-electron chi connectivity index (χ3n) is 3.37. The molecule has 0 saturated heterocycles. The molecule has 0 heterocycles. The number of nitro groups is 1. The summed E-state index contributed by atoms with van der Waals surface area (Å²) >= 11 is 0. The average molecular weight is 285 g/mol. The van der Waals surface area contributed by atoms with Crippen molar-refractivity contribution in [3.8, 4) is 5.75 Å². The lowest BCUT2D eigenvalue weighted by Gasteiger charge is -2.19. The molecule has 0 fully saturated rings. The van der Waals surface area contributed by atoms with Gasteiger partial charge in [0.15, 0.2) is 0 Å². The van der Waals surface area contributed by atoms with Gasteiger partial charge >= 0.3 is 0 Å². The maximum absolute atomic E-state index is 12.0. The third-order valence-corrected chi connectivity index (χ3v) is 3.37. The molecule has 0 aromatic heterocycles. The Balaban J connectivity index is 2.50. The maximum Gasteiger partial charge on any atom is 0.251 e. The predicted octanol–water partition coefficient (Wildman–Crippen LogP) is 3.08. The van der Waals surface area contributed by atoms with Crippen LogP contribution in [0.5, 0.6) is 5.75 Å². The molecule has 0 saturated carbocycles. The van der Waals surface area contributed by atoms with E-state index in [1.54, 1.807) is 30.3 Å². The highest BCUT2D eigenvalue weighted by Crippen LogP contribution is 2.34. The minimum absolute atomic E-state index is 0.0277. The van der Waals surface area contributed by atoms with E-state index in [1.165, 1.54) is 31.2 Å². The summed E-state index contributed by atoms with van der Waals surface area (Å²) in [6.45, 7) is 1.36. The number of phenols is 1. The van der Waals surface area contributed by atoms with Gasteiger partial charge in [0.25, 0.3) is 6.04 Å². The highest BCUT2D eigenvalue weighted by Gasteiger charge is 2.37. The Labute approximate surface area is 122 Å². The quantitative estimate of drug-likeness (QED) is 0.676. The summed E-state index contributed by atoms with van der Waals surface area (Å²) in [6, 6.07) is 13.3. The Morgan fingerprint density at radius 2 is 1.62 bits per heavy atom. The molecule has 5 nitrogen and oxygen atoms in total. The van der Waals surface area contributed by atoms with E-state index in [1.807, 2.05) is 0 Å². The van der Waals surface area contributed by atoms with E-state index in [0.29, 0.717) is 11.1 Å². The summed E-state index contributed by atoms with van der Waals surface area (Å²) in [7, 11) is 0. The summed E-state index contributed by atoms with van der Waals surface area (Å²) in [6.07, 6.45) is 0. The first kappa shape index (κ1) is 14.7. The van der Waals surface area contributed by atoms with Crippen molar-refractivity contribution in [1.29, 1.82) is 0 Å². The molecule has 0 aliphatic rings. The molecule has 2 unspecified atom stereocenters. The number of Topliss-reactive ketones (excluding diaryl/α,β-unsaturated/α-hetero) is 1. The van der Waals surface area contributed by atoms with Crippen LogP contribution in [0.4, 0.5) is 0 Å². The largest absolute Gasteiger partial charge is 0.508 e. The second-order valence-electron chi connectivity index (χ2n) is 4.82. The van der Waals surface area contributed by atoms with Crippen LogP contribution in [-0.2, 0) is 4.79 Å². The normalized spacial score (nSPS) is 13.4. The van der Waals surface area contributed by atoms with Crippen LogP contribution in [0.15, 0.2) is 54.6 Å². The molecular weight excluding hydrogens is 270 g/mol. The van der Waals surface area contributed by atoms with Gasteiger partial charge in [-0.15, -0.1) is 0 Å². The van der Waals surface area contributed by atoms with Crippen molar-refractivity contribution in [2.24, 2.45) is 0 Å². The fourth-order valence-corrected chi connectivity index (χ4v) is 2.41. The number of hydrogen-bond acceptors (Lipinski definition) is 4. The van der Waals surface area contributed by atoms with Crippen molar-refractivity contribution in [3.63, 3.8) is 0 Å². The minimum Gasteiger partial charge on any atom is -0.508 e. The molecule has 2 aromatic carbocycles. The fraction of sp³-hybridized carbons (Fsp3) is 0.188. The smallest absolute Gasteiger partial charge is 0.251 e. The van der Waals surface area contributed by atoms with E-state index >= 15 is 0 Å². The van der Waals surface area contributed by atoms with E-state index < -0.39 is 16.9 Å². The van der Waals surface area contributed by atoms with Crippen LogP contribution in [0, 0.1) is 10.1 Å². The molecule has 0 aliphatic carbocycles. The number of nitrogens with zero attached hydrogens (tertiary/aromatic N) is 1. The lowest BCUT2D eigenvalue weighted by atomic mass is 9.85. The molecule has 2 atom stereocenters. The monoisotopic (exact) mass is 285 g/mol. The number of rotatable bonds is 5. The lowest BCUT2D eigenvalue weighted by molar-refractivity contribution is -0.531. The van der Waals surface area contributed by atoms with Gasteiger partial charge in [0.1, 0.15) is 17.5 Å². The fourth-order valence-electron chi connectivity index (χ4n) is 2.41. The first-order valence-corrected chi connectivity index (χ1v) is 6.48. The molecule has 0 spiro atoms. The number of phenolic OH excluding ortho intramolecular Hbond substituents is 1. The highest BCUT2D eigenvalue weighted by atomic mass is 16.6. The zero-order valence-corrected chi connectivity index (χ0v) is 11.5. The number of ketones is 1.